The summed E-state index contributed by atoms with van der Waals surface area (Å²) in [7, 11) is 0. The van der Waals surface area contributed by atoms with Crippen LogP contribution in [0.4, 0.5) is 0 Å². The lowest BCUT2D eigenvalue weighted by Gasteiger charge is -2.28. The van der Waals surface area contributed by atoms with Crippen molar-refractivity contribution in [2.45, 2.75) is 51.2 Å². The molecule has 1 fully saturated rings. The van der Waals surface area contributed by atoms with Crippen LogP contribution in [0.1, 0.15) is 50.9 Å². The number of fused-ring (bicyclic) bond motifs is 1. The predicted molar refractivity (Wildman–Crippen MR) is 83.2 cm³/mol. The van der Waals surface area contributed by atoms with Gasteiger partial charge in [-0.3, -0.25) is 0 Å². The molecule has 0 bridgehead atoms. The fourth-order valence-corrected chi connectivity index (χ4v) is 3.24. The highest BCUT2D eigenvalue weighted by molar-refractivity contribution is 5.77. The van der Waals surface area contributed by atoms with Crippen LogP contribution in [-0.2, 0) is 4.74 Å². The summed E-state index contributed by atoms with van der Waals surface area (Å²) >= 11 is 0. The molecule has 0 aliphatic heterocycles. The molecule has 3 heteroatoms. The number of aliphatic hydroxyl groups is 1. The number of ether oxygens (including phenoxy) is 1. The molecule has 0 saturated heterocycles. The topological polar surface area (TPSA) is 42.6 Å². The fourth-order valence-electron chi connectivity index (χ4n) is 3.24. The molecule has 3 unspecified atom stereocenters. The van der Waals surface area contributed by atoms with Gasteiger partial charge in [0.1, 0.15) is 17.4 Å². The van der Waals surface area contributed by atoms with Crippen LogP contribution in [-0.4, -0.2) is 17.8 Å². The van der Waals surface area contributed by atoms with Gasteiger partial charge in [0.05, 0.1) is 12.7 Å². The maximum atomic E-state index is 10.3. The fraction of sp³-hybridized carbons (Fsp3) is 0.556. The molecule has 1 aliphatic carbocycles. The highest BCUT2D eigenvalue weighted by atomic mass is 16.5. The lowest BCUT2D eigenvalue weighted by molar-refractivity contribution is -0.0390. The van der Waals surface area contributed by atoms with Gasteiger partial charge in [-0.15, -0.1) is 0 Å². The molecule has 1 N–H and O–H groups in total. The first-order valence-electron chi connectivity index (χ1n) is 8.04. The zero-order valence-corrected chi connectivity index (χ0v) is 12.6. The van der Waals surface area contributed by atoms with Crippen LogP contribution in [0.5, 0.6) is 0 Å². The van der Waals surface area contributed by atoms with E-state index in [0.29, 0.717) is 18.5 Å². The Hall–Kier alpha value is -1.32. The molecule has 2 aromatic rings. The quantitative estimate of drug-likeness (QED) is 0.883. The second kappa shape index (κ2) is 6.63. The van der Waals surface area contributed by atoms with Gasteiger partial charge in [-0.2, -0.15) is 0 Å². The van der Waals surface area contributed by atoms with Gasteiger partial charge in [0.15, 0.2) is 0 Å². The highest BCUT2D eigenvalue weighted by Gasteiger charge is 2.23. The molecule has 1 aliphatic rings. The summed E-state index contributed by atoms with van der Waals surface area (Å²) in [4.78, 5) is 0. The van der Waals surface area contributed by atoms with E-state index in [4.69, 9.17) is 9.15 Å². The van der Waals surface area contributed by atoms with E-state index in [9.17, 15) is 5.11 Å². The molecule has 1 heterocycles. The largest absolute Gasteiger partial charge is 0.458 e. The second-order valence-corrected chi connectivity index (χ2v) is 6.10. The Kier molecular flexibility index (Phi) is 4.61. The van der Waals surface area contributed by atoms with Crippen LogP contribution < -0.4 is 0 Å². The number of para-hydroxylation sites is 1. The third-order valence-corrected chi connectivity index (χ3v) is 4.57. The number of benzene rings is 1. The van der Waals surface area contributed by atoms with E-state index in [1.54, 1.807) is 0 Å². The Morgan fingerprint density at radius 2 is 2.19 bits per heavy atom. The first kappa shape index (κ1) is 14.6. The molecule has 1 aromatic carbocycles. The highest BCUT2D eigenvalue weighted by Crippen LogP contribution is 2.30. The Bertz CT molecular complexity index is 542. The number of furan rings is 1. The maximum Gasteiger partial charge on any atom is 0.136 e. The molecular weight excluding hydrogens is 264 g/mol. The summed E-state index contributed by atoms with van der Waals surface area (Å²) in [5.74, 6) is 1.38. The molecule has 114 valence electrons. The van der Waals surface area contributed by atoms with Gasteiger partial charge in [0.2, 0.25) is 0 Å². The lowest BCUT2D eigenvalue weighted by Crippen LogP contribution is -2.24. The standard InChI is InChI=1S/C18H24O3/c1-2-13-6-5-8-15(10-13)20-12-16(19)18-11-14-7-3-4-9-17(14)21-18/h3-4,7,9,11,13,15-16,19H,2,5-6,8,10,12H2,1H3. The molecule has 0 amide bonds. The summed E-state index contributed by atoms with van der Waals surface area (Å²) in [5.41, 5.74) is 0.815. The van der Waals surface area contributed by atoms with E-state index >= 15 is 0 Å². The van der Waals surface area contributed by atoms with Crippen LogP contribution >= 0.6 is 0 Å². The molecular formula is C18H24O3. The van der Waals surface area contributed by atoms with Gasteiger partial charge in [-0.05, 0) is 30.9 Å². The van der Waals surface area contributed by atoms with E-state index in [1.165, 1.54) is 19.3 Å². The van der Waals surface area contributed by atoms with Gasteiger partial charge < -0.3 is 14.3 Å². The van der Waals surface area contributed by atoms with Crippen molar-refractivity contribution in [1.82, 2.24) is 0 Å². The summed E-state index contributed by atoms with van der Waals surface area (Å²) in [6.45, 7) is 2.57. The minimum Gasteiger partial charge on any atom is -0.458 e. The normalized spacial score (nSPS) is 24.3. The van der Waals surface area contributed by atoms with Crippen molar-refractivity contribution < 1.29 is 14.3 Å². The molecule has 3 atom stereocenters. The Balaban J connectivity index is 1.57. The van der Waals surface area contributed by atoms with Crippen molar-refractivity contribution in [1.29, 1.82) is 0 Å². The zero-order valence-electron chi connectivity index (χ0n) is 12.6. The van der Waals surface area contributed by atoms with Crippen molar-refractivity contribution in [3.63, 3.8) is 0 Å². The molecule has 1 saturated carbocycles. The third kappa shape index (κ3) is 3.47. The van der Waals surface area contributed by atoms with E-state index < -0.39 is 6.10 Å². The van der Waals surface area contributed by atoms with E-state index in [0.717, 1.165) is 29.7 Å². The first-order valence-corrected chi connectivity index (χ1v) is 8.04. The molecule has 21 heavy (non-hydrogen) atoms. The Morgan fingerprint density at radius 1 is 1.33 bits per heavy atom. The van der Waals surface area contributed by atoms with Crippen molar-refractivity contribution in [2.75, 3.05) is 6.61 Å². The SMILES string of the molecule is CCC1CCCC(OCC(O)c2cc3ccccc3o2)C1. The van der Waals surface area contributed by atoms with E-state index in [1.807, 2.05) is 30.3 Å². The predicted octanol–water partition coefficient (Wildman–Crippen LogP) is 4.45. The second-order valence-electron chi connectivity index (χ2n) is 6.10. The average Bonchev–Trinajstić information content (AvgIpc) is 2.97. The van der Waals surface area contributed by atoms with E-state index in [2.05, 4.69) is 6.92 Å². The third-order valence-electron chi connectivity index (χ3n) is 4.57. The number of aliphatic hydroxyl groups excluding tert-OH is 1. The number of rotatable bonds is 5. The summed E-state index contributed by atoms with van der Waals surface area (Å²) in [6.07, 6.45) is 5.65. The van der Waals surface area contributed by atoms with Crippen molar-refractivity contribution in [2.24, 2.45) is 5.92 Å². The first-order chi connectivity index (χ1) is 10.3. The average molecular weight is 288 g/mol. The minimum atomic E-state index is -0.681. The van der Waals surface area contributed by atoms with Gasteiger partial charge >= 0.3 is 0 Å². The van der Waals surface area contributed by atoms with Crippen LogP contribution in [0.15, 0.2) is 34.7 Å². The van der Waals surface area contributed by atoms with Crippen LogP contribution in [0.25, 0.3) is 11.0 Å². The molecule has 0 radical (unpaired) electrons. The van der Waals surface area contributed by atoms with Crippen LogP contribution in [0.3, 0.4) is 0 Å². The molecule has 0 spiro atoms. The summed E-state index contributed by atoms with van der Waals surface area (Å²) in [6, 6.07) is 9.71. The minimum absolute atomic E-state index is 0.294. The van der Waals surface area contributed by atoms with Crippen LogP contribution in [0.2, 0.25) is 0 Å². The van der Waals surface area contributed by atoms with Gasteiger partial charge in [-0.25, -0.2) is 0 Å². The summed E-state index contributed by atoms with van der Waals surface area (Å²) < 4.78 is 11.6. The number of hydrogen-bond donors (Lipinski definition) is 1. The van der Waals surface area contributed by atoms with Gasteiger partial charge in [0.25, 0.3) is 0 Å². The van der Waals surface area contributed by atoms with Gasteiger partial charge in [-0.1, -0.05) is 44.4 Å². The maximum absolute atomic E-state index is 10.3. The molecule has 3 nitrogen and oxygen atoms in total. The smallest absolute Gasteiger partial charge is 0.136 e. The van der Waals surface area contributed by atoms with Crippen molar-refractivity contribution in [3.05, 3.63) is 36.1 Å². The Morgan fingerprint density at radius 3 is 3.00 bits per heavy atom. The lowest BCUT2D eigenvalue weighted by atomic mass is 9.85. The molecule has 1 aromatic heterocycles. The number of hydrogen-bond acceptors (Lipinski definition) is 3. The van der Waals surface area contributed by atoms with Crippen LogP contribution in [0, 0.1) is 5.92 Å². The summed E-state index contributed by atoms with van der Waals surface area (Å²) in [5, 5.41) is 11.3. The monoisotopic (exact) mass is 288 g/mol. The van der Waals surface area contributed by atoms with Crippen molar-refractivity contribution >= 4 is 11.0 Å². The molecule has 3 rings (SSSR count). The van der Waals surface area contributed by atoms with Gasteiger partial charge in [0, 0.05) is 5.39 Å². The Labute approximate surface area is 125 Å². The van der Waals surface area contributed by atoms with Crippen molar-refractivity contribution in [3.8, 4) is 0 Å². The van der Waals surface area contributed by atoms with E-state index in [-0.39, 0.29) is 0 Å². The zero-order chi connectivity index (χ0) is 14.7.